The van der Waals surface area contributed by atoms with E-state index in [2.05, 4.69) is 25.7 Å². The highest BCUT2D eigenvalue weighted by Crippen LogP contribution is 2.34. The quantitative estimate of drug-likeness (QED) is 0.736. The van der Waals surface area contributed by atoms with Crippen molar-refractivity contribution in [3.8, 4) is 0 Å². The molecule has 2 saturated heterocycles. The van der Waals surface area contributed by atoms with Crippen LogP contribution in [-0.2, 0) is 0 Å². The summed E-state index contributed by atoms with van der Waals surface area (Å²) in [5, 5.41) is 0. The molecule has 2 nitrogen and oxygen atoms in total. The van der Waals surface area contributed by atoms with Crippen LogP contribution in [0, 0.1) is 0 Å². The van der Waals surface area contributed by atoms with Crippen LogP contribution >= 0.6 is 0 Å². The van der Waals surface area contributed by atoms with Crippen molar-refractivity contribution < 1.29 is 8.78 Å². The molecule has 0 aromatic rings. The van der Waals surface area contributed by atoms with E-state index in [1.165, 1.54) is 6.42 Å². The maximum Gasteiger partial charge on any atom is 0.261 e. The van der Waals surface area contributed by atoms with E-state index in [-0.39, 0.29) is 24.5 Å². The SMILES string of the molecule is CC(N1CCC(F)(F)C1)C(C)(C)N1CCC1. The van der Waals surface area contributed by atoms with Crippen molar-refractivity contribution >= 4 is 0 Å². The predicted molar refractivity (Wildman–Crippen MR) is 60.9 cm³/mol. The first-order chi connectivity index (χ1) is 7.33. The summed E-state index contributed by atoms with van der Waals surface area (Å²) in [5.41, 5.74) is 0.0126. The van der Waals surface area contributed by atoms with Crippen molar-refractivity contribution in [3.63, 3.8) is 0 Å². The zero-order valence-electron chi connectivity index (χ0n) is 10.5. The lowest BCUT2D eigenvalue weighted by Gasteiger charge is -2.50. The molecule has 2 rings (SSSR count). The van der Waals surface area contributed by atoms with Crippen LogP contribution in [0.4, 0.5) is 8.78 Å². The van der Waals surface area contributed by atoms with Crippen LogP contribution in [0.2, 0.25) is 0 Å². The molecular weight excluding hydrogens is 210 g/mol. The second-order valence-corrected chi connectivity index (χ2v) is 5.75. The normalized spacial score (nSPS) is 29.1. The molecule has 1 unspecified atom stereocenters. The van der Waals surface area contributed by atoms with Gasteiger partial charge in [0.1, 0.15) is 0 Å². The summed E-state index contributed by atoms with van der Waals surface area (Å²) in [5.74, 6) is -2.47. The molecule has 2 fully saturated rings. The van der Waals surface area contributed by atoms with Gasteiger partial charge >= 0.3 is 0 Å². The highest BCUT2D eigenvalue weighted by Gasteiger charge is 2.45. The van der Waals surface area contributed by atoms with Gasteiger partial charge in [0.25, 0.3) is 5.92 Å². The van der Waals surface area contributed by atoms with Gasteiger partial charge in [-0.25, -0.2) is 8.78 Å². The number of hydrogen-bond acceptors (Lipinski definition) is 2. The topological polar surface area (TPSA) is 6.48 Å². The van der Waals surface area contributed by atoms with E-state index < -0.39 is 5.92 Å². The van der Waals surface area contributed by atoms with Crippen LogP contribution in [0.15, 0.2) is 0 Å². The second kappa shape index (κ2) is 3.91. The highest BCUT2D eigenvalue weighted by molar-refractivity contribution is 4.98. The first kappa shape index (κ1) is 12.2. The van der Waals surface area contributed by atoms with Gasteiger partial charge in [-0.1, -0.05) is 0 Å². The summed E-state index contributed by atoms with van der Waals surface area (Å²) in [6, 6.07) is 0.196. The van der Waals surface area contributed by atoms with Crippen LogP contribution in [-0.4, -0.2) is 53.5 Å². The molecule has 0 saturated carbocycles. The molecule has 0 spiro atoms. The Morgan fingerprint density at radius 2 is 1.81 bits per heavy atom. The number of alkyl halides is 2. The Balaban J connectivity index is 1.99. The third-order valence-corrected chi connectivity index (χ3v) is 4.44. The summed E-state index contributed by atoms with van der Waals surface area (Å²) in [7, 11) is 0. The first-order valence-corrected chi connectivity index (χ1v) is 6.20. The molecule has 2 heterocycles. The van der Waals surface area contributed by atoms with Crippen molar-refractivity contribution in [1.29, 1.82) is 0 Å². The van der Waals surface area contributed by atoms with Crippen LogP contribution in [0.5, 0.6) is 0 Å². The Labute approximate surface area is 96.6 Å². The van der Waals surface area contributed by atoms with Gasteiger partial charge in [-0.15, -0.1) is 0 Å². The number of hydrogen-bond donors (Lipinski definition) is 0. The molecule has 1 atom stereocenters. The average molecular weight is 232 g/mol. The fourth-order valence-electron chi connectivity index (χ4n) is 2.70. The predicted octanol–water partition coefficient (Wildman–Crippen LogP) is 2.20. The van der Waals surface area contributed by atoms with Crippen molar-refractivity contribution in [2.45, 2.75) is 51.1 Å². The molecule has 16 heavy (non-hydrogen) atoms. The standard InChI is InChI=1S/C12H22F2N2/c1-10(11(2,3)16-6-4-7-16)15-8-5-12(13,14)9-15/h10H,4-9H2,1-3H3. The van der Waals surface area contributed by atoms with Crippen molar-refractivity contribution in [2.24, 2.45) is 0 Å². The van der Waals surface area contributed by atoms with Gasteiger partial charge in [-0.2, -0.15) is 0 Å². The first-order valence-electron chi connectivity index (χ1n) is 6.20. The molecule has 2 aliphatic rings. The lowest BCUT2D eigenvalue weighted by molar-refractivity contribution is -0.0273. The summed E-state index contributed by atoms with van der Waals surface area (Å²) >= 11 is 0. The van der Waals surface area contributed by atoms with Gasteiger partial charge < -0.3 is 0 Å². The third kappa shape index (κ3) is 2.09. The Hall–Kier alpha value is -0.220. The number of halogens is 2. The lowest BCUT2D eigenvalue weighted by atomic mass is 9.89. The molecular formula is C12H22F2N2. The zero-order valence-corrected chi connectivity index (χ0v) is 10.5. The second-order valence-electron chi connectivity index (χ2n) is 5.75. The molecule has 94 valence electrons. The van der Waals surface area contributed by atoms with Crippen LogP contribution < -0.4 is 0 Å². The largest absolute Gasteiger partial charge is 0.297 e. The number of rotatable bonds is 3. The Kier molecular flexibility index (Phi) is 2.99. The maximum atomic E-state index is 13.2. The van der Waals surface area contributed by atoms with E-state index in [1.807, 2.05) is 4.90 Å². The summed E-state index contributed by atoms with van der Waals surface area (Å²) in [4.78, 5) is 4.34. The minimum atomic E-state index is -2.47. The Morgan fingerprint density at radius 1 is 1.19 bits per heavy atom. The lowest BCUT2D eigenvalue weighted by Crippen LogP contribution is -2.61. The summed E-state index contributed by atoms with van der Waals surface area (Å²) in [6.07, 6.45) is 1.26. The van der Waals surface area contributed by atoms with E-state index in [9.17, 15) is 8.78 Å². The van der Waals surface area contributed by atoms with Crippen molar-refractivity contribution in [3.05, 3.63) is 0 Å². The van der Waals surface area contributed by atoms with Gasteiger partial charge in [0.15, 0.2) is 0 Å². The molecule has 0 N–H and O–H groups in total. The summed E-state index contributed by atoms with van der Waals surface area (Å²) < 4.78 is 26.4. The minimum Gasteiger partial charge on any atom is -0.297 e. The summed E-state index contributed by atoms with van der Waals surface area (Å²) in [6.45, 7) is 9.13. The molecule has 2 aliphatic heterocycles. The smallest absolute Gasteiger partial charge is 0.261 e. The van der Waals surface area contributed by atoms with E-state index >= 15 is 0 Å². The fraction of sp³-hybridized carbons (Fsp3) is 1.00. The third-order valence-electron chi connectivity index (χ3n) is 4.44. The molecule has 0 aromatic heterocycles. The van der Waals surface area contributed by atoms with E-state index in [1.54, 1.807) is 0 Å². The van der Waals surface area contributed by atoms with Crippen LogP contribution in [0.3, 0.4) is 0 Å². The highest BCUT2D eigenvalue weighted by atomic mass is 19.3. The van der Waals surface area contributed by atoms with E-state index in [4.69, 9.17) is 0 Å². The molecule has 4 heteroatoms. The van der Waals surface area contributed by atoms with Gasteiger partial charge in [0.2, 0.25) is 0 Å². The molecule has 0 aromatic carbocycles. The van der Waals surface area contributed by atoms with Crippen molar-refractivity contribution in [1.82, 2.24) is 9.80 Å². The fourth-order valence-corrected chi connectivity index (χ4v) is 2.70. The monoisotopic (exact) mass is 232 g/mol. The molecule has 0 radical (unpaired) electrons. The number of likely N-dealkylation sites (tertiary alicyclic amines) is 2. The average Bonchev–Trinajstić information content (AvgIpc) is 2.40. The zero-order chi connectivity index (χ0) is 12.0. The molecule has 0 amide bonds. The molecule has 0 bridgehead atoms. The maximum absolute atomic E-state index is 13.2. The Morgan fingerprint density at radius 3 is 2.19 bits per heavy atom. The minimum absolute atomic E-state index is 0.0126. The van der Waals surface area contributed by atoms with Gasteiger partial charge in [0, 0.05) is 24.5 Å². The van der Waals surface area contributed by atoms with Crippen LogP contribution in [0.1, 0.15) is 33.6 Å². The van der Waals surface area contributed by atoms with E-state index in [0.29, 0.717) is 6.54 Å². The van der Waals surface area contributed by atoms with Gasteiger partial charge in [-0.05, 0) is 40.3 Å². The van der Waals surface area contributed by atoms with Gasteiger partial charge in [0.05, 0.1) is 6.54 Å². The van der Waals surface area contributed by atoms with E-state index in [0.717, 1.165) is 13.1 Å². The number of nitrogens with zero attached hydrogens (tertiary/aromatic N) is 2. The molecule has 0 aliphatic carbocycles. The van der Waals surface area contributed by atoms with Crippen LogP contribution in [0.25, 0.3) is 0 Å². The van der Waals surface area contributed by atoms with Crippen molar-refractivity contribution in [2.75, 3.05) is 26.2 Å². The van der Waals surface area contributed by atoms with Gasteiger partial charge in [-0.3, -0.25) is 9.80 Å². The Bertz CT molecular complexity index is 262.